The molecule has 2 aromatic carbocycles. The van der Waals surface area contributed by atoms with E-state index in [1.165, 1.54) is 0 Å². The Bertz CT molecular complexity index is 909. The zero-order valence-corrected chi connectivity index (χ0v) is 14.4. The highest BCUT2D eigenvalue weighted by molar-refractivity contribution is 5.81. The number of benzene rings is 2. The number of amides is 1. The predicted octanol–water partition coefficient (Wildman–Crippen LogP) is 2.02. The number of carbonyl (C=O) groups is 1. The Morgan fingerprint density at radius 1 is 1.23 bits per heavy atom. The van der Waals surface area contributed by atoms with Crippen molar-refractivity contribution in [2.75, 3.05) is 6.61 Å². The van der Waals surface area contributed by atoms with Crippen LogP contribution in [0.4, 0.5) is 0 Å². The number of hydrogen-bond donors (Lipinski definition) is 1. The lowest BCUT2D eigenvalue weighted by Crippen LogP contribution is -2.37. The summed E-state index contributed by atoms with van der Waals surface area (Å²) >= 11 is 0. The van der Waals surface area contributed by atoms with Crippen LogP contribution in [0.1, 0.15) is 29.0 Å². The molecule has 4 rings (SSSR count). The van der Waals surface area contributed by atoms with E-state index in [0.29, 0.717) is 18.9 Å². The molecule has 0 saturated heterocycles. The van der Waals surface area contributed by atoms with Gasteiger partial charge in [-0.15, -0.1) is 5.10 Å². The summed E-state index contributed by atoms with van der Waals surface area (Å²) in [5.41, 5.74) is 2.04. The molecule has 0 spiro atoms. The van der Waals surface area contributed by atoms with Crippen LogP contribution in [0.15, 0.2) is 54.6 Å². The van der Waals surface area contributed by atoms with Gasteiger partial charge in [-0.3, -0.25) is 4.79 Å². The molecule has 1 N–H and O–H groups in total. The van der Waals surface area contributed by atoms with E-state index in [-0.39, 0.29) is 11.9 Å². The summed E-state index contributed by atoms with van der Waals surface area (Å²) < 4.78 is 7.24. The number of nitrogens with zero attached hydrogens (tertiary/aromatic N) is 4. The maximum absolute atomic E-state index is 13.1. The number of aryl methyl sites for hydroxylation is 1. The van der Waals surface area contributed by atoms with Gasteiger partial charge in [0.25, 0.3) is 0 Å². The molecule has 7 nitrogen and oxygen atoms in total. The molecule has 26 heavy (non-hydrogen) atoms. The van der Waals surface area contributed by atoms with Crippen molar-refractivity contribution in [1.82, 2.24) is 25.5 Å². The maximum atomic E-state index is 13.1. The van der Waals surface area contributed by atoms with Gasteiger partial charge in [-0.1, -0.05) is 48.5 Å². The van der Waals surface area contributed by atoms with Gasteiger partial charge in [-0.05, 0) is 29.0 Å². The zero-order valence-electron chi connectivity index (χ0n) is 14.4. The van der Waals surface area contributed by atoms with E-state index in [9.17, 15) is 4.79 Å². The summed E-state index contributed by atoms with van der Waals surface area (Å²) in [6.07, 6.45) is 0.508. The molecule has 132 valence electrons. The third-order valence-corrected chi connectivity index (χ3v) is 4.54. The summed E-state index contributed by atoms with van der Waals surface area (Å²) in [5, 5.41) is 14.7. The van der Waals surface area contributed by atoms with E-state index in [1.54, 1.807) is 11.6 Å². The smallest absolute Gasteiger partial charge is 0.245 e. The van der Waals surface area contributed by atoms with Crippen LogP contribution >= 0.6 is 0 Å². The predicted molar refractivity (Wildman–Crippen MR) is 94.6 cm³/mol. The minimum absolute atomic E-state index is 0.130. The van der Waals surface area contributed by atoms with Crippen molar-refractivity contribution in [2.45, 2.75) is 25.4 Å². The van der Waals surface area contributed by atoms with Crippen molar-refractivity contribution in [3.05, 3.63) is 71.5 Å². The lowest BCUT2D eigenvalue weighted by Gasteiger charge is -2.20. The quantitative estimate of drug-likeness (QED) is 0.762. The molecule has 1 aliphatic heterocycles. The fourth-order valence-electron chi connectivity index (χ4n) is 3.20. The van der Waals surface area contributed by atoms with E-state index in [2.05, 4.69) is 20.8 Å². The number of aromatic nitrogens is 4. The van der Waals surface area contributed by atoms with Gasteiger partial charge in [0.05, 0.1) is 6.04 Å². The van der Waals surface area contributed by atoms with Crippen LogP contribution in [0, 0.1) is 6.92 Å². The van der Waals surface area contributed by atoms with Crippen LogP contribution in [-0.2, 0) is 11.2 Å². The largest absolute Gasteiger partial charge is 0.491 e. The fourth-order valence-corrected chi connectivity index (χ4v) is 3.20. The van der Waals surface area contributed by atoms with E-state index >= 15 is 0 Å². The topological polar surface area (TPSA) is 81.9 Å². The van der Waals surface area contributed by atoms with Gasteiger partial charge in [-0.2, -0.15) is 0 Å². The second-order valence-electron chi connectivity index (χ2n) is 6.29. The van der Waals surface area contributed by atoms with Crippen LogP contribution in [0.5, 0.6) is 5.75 Å². The molecule has 3 aromatic rings. The minimum Gasteiger partial charge on any atom is -0.491 e. The molecule has 7 heteroatoms. The number of para-hydroxylation sites is 1. The van der Waals surface area contributed by atoms with Crippen molar-refractivity contribution in [1.29, 1.82) is 0 Å². The minimum atomic E-state index is -0.528. The first kappa shape index (κ1) is 16.3. The van der Waals surface area contributed by atoms with Crippen LogP contribution < -0.4 is 10.1 Å². The number of hydrogen-bond acceptors (Lipinski definition) is 5. The van der Waals surface area contributed by atoms with Crippen molar-refractivity contribution in [2.24, 2.45) is 0 Å². The van der Waals surface area contributed by atoms with Gasteiger partial charge in [-0.25, -0.2) is 4.68 Å². The Kier molecular flexibility index (Phi) is 4.35. The lowest BCUT2D eigenvalue weighted by atomic mass is 10.0. The lowest BCUT2D eigenvalue weighted by molar-refractivity contribution is -0.125. The average Bonchev–Trinajstić information content (AvgIpc) is 3.27. The van der Waals surface area contributed by atoms with Gasteiger partial charge >= 0.3 is 0 Å². The Morgan fingerprint density at radius 2 is 2.00 bits per heavy atom. The maximum Gasteiger partial charge on any atom is 0.245 e. The summed E-state index contributed by atoms with van der Waals surface area (Å²) in [6, 6.07) is 16.9. The van der Waals surface area contributed by atoms with Gasteiger partial charge < -0.3 is 10.1 Å². The molecule has 0 radical (unpaired) electrons. The van der Waals surface area contributed by atoms with E-state index in [4.69, 9.17) is 4.74 Å². The normalized spacial score (nSPS) is 16.6. The highest BCUT2D eigenvalue weighted by Crippen LogP contribution is 2.32. The molecule has 1 aliphatic rings. The van der Waals surface area contributed by atoms with Crippen LogP contribution in [-0.4, -0.2) is 32.7 Å². The average molecular weight is 349 g/mol. The Hall–Kier alpha value is -3.22. The first-order valence-corrected chi connectivity index (χ1v) is 8.53. The molecule has 0 unspecified atom stereocenters. The number of nitrogens with one attached hydrogen (secondary N) is 1. The fraction of sp³-hybridized carbons (Fsp3) is 0.263. The first-order chi connectivity index (χ1) is 12.7. The van der Waals surface area contributed by atoms with Crippen molar-refractivity contribution >= 4 is 5.91 Å². The molecule has 2 heterocycles. The standard InChI is InChI=1S/C19H19N5O2/c1-13-21-22-23-24(13)17(11-14-7-3-2-4-8-14)19(25)20-16-12-26-18-10-6-5-9-15(16)18/h2-10,16-17H,11-12H2,1H3,(H,20,25)/t16-,17-/m0/s1. The molecule has 1 aromatic heterocycles. The molecule has 0 fully saturated rings. The molecule has 0 bridgehead atoms. The third-order valence-electron chi connectivity index (χ3n) is 4.54. The van der Waals surface area contributed by atoms with Gasteiger partial charge in [0.1, 0.15) is 24.2 Å². The van der Waals surface area contributed by atoms with Crippen molar-refractivity contribution < 1.29 is 9.53 Å². The molecule has 0 aliphatic carbocycles. The summed E-state index contributed by atoms with van der Waals surface area (Å²) in [4.78, 5) is 13.1. The van der Waals surface area contributed by atoms with Gasteiger partial charge in [0, 0.05) is 12.0 Å². The number of fused-ring (bicyclic) bond motifs is 1. The second-order valence-corrected chi connectivity index (χ2v) is 6.29. The highest BCUT2D eigenvalue weighted by atomic mass is 16.5. The van der Waals surface area contributed by atoms with Gasteiger partial charge in [0.2, 0.25) is 5.91 Å². The summed E-state index contributed by atoms with van der Waals surface area (Å²) in [6.45, 7) is 2.22. The number of carbonyl (C=O) groups excluding carboxylic acids is 1. The summed E-state index contributed by atoms with van der Waals surface area (Å²) in [7, 11) is 0. The van der Waals surface area contributed by atoms with Crippen LogP contribution in [0.25, 0.3) is 0 Å². The number of ether oxygens (including phenoxy) is 1. The van der Waals surface area contributed by atoms with E-state index in [1.807, 2.05) is 54.6 Å². The van der Waals surface area contributed by atoms with Crippen LogP contribution in [0.2, 0.25) is 0 Å². The number of rotatable bonds is 5. The Balaban J connectivity index is 1.58. The monoisotopic (exact) mass is 349 g/mol. The molecular formula is C19H19N5O2. The molecule has 2 atom stereocenters. The van der Waals surface area contributed by atoms with E-state index < -0.39 is 6.04 Å². The SMILES string of the molecule is Cc1nnnn1[C@@H](Cc1ccccc1)C(=O)N[C@H]1COc2ccccc21. The Labute approximate surface area is 151 Å². The van der Waals surface area contributed by atoms with E-state index in [0.717, 1.165) is 16.9 Å². The third kappa shape index (κ3) is 3.15. The number of tetrazole rings is 1. The van der Waals surface area contributed by atoms with Gasteiger partial charge in [0.15, 0.2) is 0 Å². The Morgan fingerprint density at radius 3 is 2.77 bits per heavy atom. The highest BCUT2D eigenvalue weighted by Gasteiger charge is 2.30. The second kappa shape index (κ2) is 6.95. The molecule has 0 saturated carbocycles. The molecular weight excluding hydrogens is 330 g/mol. The van der Waals surface area contributed by atoms with Crippen molar-refractivity contribution in [3.63, 3.8) is 0 Å². The first-order valence-electron chi connectivity index (χ1n) is 8.53. The molecule has 1 amide bonds. The summed E-state index contributed by atoms with van der Waals surface area (Å²) in [5.74, 6) is 1.29. The van der Waals surface area contributed by atoms with Crippen molar-refractivity contribution in [3.8, 4) is 5.75 Å². The van der Waals surface area contributed by atoms with Crippen LogP contribution in [0.3, 0.4) is 0 Å². The zero-order chi connectivity index (χ0) is 17.9.